The van der Waals surface area contributed by atoms with Gasteiger partial charge in [0.1, 0.15) is 5.69 Å². The number of hydrogen-bond donors (Lipinski definition) is 1. The van der Waals surface area contributed by atoms with Crippen molar-refractivity contribution in [3.05, 3.63) is 22.2 Å². The summed E-state index contributed by atoms with van der Waals surface area (Å²) in [5, 5.41) is 0. The fourth-order valence-electron chi connectivity index (χ4n) is 1.41. The van der Waals surface area contributed by atoms with Crippen molar-refractivity contribution in [2.24, 2.45) is 0 Å². The molecule has 0 amide bonds. The van der Waals surface area contributed by atoms with Crippen LogP contribution in [0.15, 0.2) is 6.07 Å². The molecule has 0 aliphatic heterocycles. The molecule has 0 fully saturated rings. The van der Waals surface area contributed by atoms with E-state index in [1.54, 1.807) is 0 Å². The van der Waals surface area contributed by atoms with Gasteiger partial charge in [0.15, 0.2) is 4.77 Å². The molecule has 0 aliphatic rings. The van der Waals surface area contributed by atoms with Crippen molar-refractivity contribution in [3.63, 3.8) is 0 Å². The van der Waals surface area contributed by atoms with Gasteiger partial charge in [0.05, 0.1) is 0 Å². The maximum absolute atomic E-state index is 14.2. The Balaban J connectivity index is 3.55. The SMILES string of the molecule is Cc1cc(C(F)(OC(F)(F)C(F)(F)C(F)(F)F)C(F)(F)F)nc(=S)[nH]1. The molecule has 0 aliphatic carbocycles. The molecule has 0 saturated carbocycles. The first kappa shape index (κ1) is 21.5. The predicted molar refractivity (Wildman–Crippen MR) is 60.0 cm³/mol. The van der Waals surface area contributed by atoms with E-state index in [0.717, 1.165) is 6.92 Å². The lowest BCUT2D eigenvalue weighted by Crippen LogP contribution is -2.58. The van der Waals surface area contributed by atoms with Crippen LogP contribution >= 0.6 is 12.2 Å². The molecule has 1 atom stereocenters. The number of halogens is 11. The third kappa shape index (κ3) is 3.86. The molecular formula is C10H5F11N2OS. The molecule has 144 valence electrons. The van der Waals surface area contributed by atoms with E-state index in [2.05, 4.69) is 21.9 Å². The second kappa shape index (κ2) is 6.03. The predicted octanol–water partition coefficient (Wildman–Crippen LogP) is 4.94. The summed E-state index contributed by atoms with van der Waals surface area (Å²) in [6.07, 6.45) is -20.5. The van der Waals surface area contributed by atoms with Gasteiger partial charge in [0, 0.05) is 5.69 Å². The Morgan fingerprint density at radius 2 is 1.40 bits per heavy atom. The molecule has 3 nitrogen and oxygen atoms in total. The summed E-state index contributed by atoms with van der Waals surface area (Å²) in [6, 6.07) is 0.102. The van der Waals surface area contributed by atoms with E-state index >= 15 is 0 Å². The van der Waals surface area contributed by atoms with Gasteiger partial charge in [-0.2, -0.15) is 48.3 Å². The van der Waals surface area contributed by atoms with E-state index in [1.807, 2.05) is 4.98 Å². The number of rotatable bonds is 4. The number of ether oxygens (including phenoxy) is 1. The van der Waals surface area contributed by atoms with Crippen LogP contribution in [0.5, 0.6) is 0 Å². The Kier molecular flexibility index (Phi) is 5.20. The lowest BCUT2D eigenvalue weighted by Gasteiger charge is -2.34. The highest BCUT2D eigenvalue weighted by Crippen LogP contribution is 2.53. The molecule has 1 aromatic rings. The van der Waals surface area contributed by atoms with Crippen LogP contribution in [0.1, 0.15) is 11.4 Å². The molecule has 0 bridgehead atoms. The number of nitrogens with one attached hydrogen (secondary N) is 1. The molecule has 1 rings (SSSR count). The number of aromatic amines is 1. The highest BCUT2D eigenvalue weighted by Gasteiger charge is 2.78. The molecule has 1 aromatic heterocycles. The quantitative estimate of drug-likeness (QED) is 0.565. The molecule has 1 unspecified atom stereocenters. The number of alkyl halides is 11. The third-order valence-corrected chi connectivity index (χ3v) is 2.76. The molecular weight excluding hydrogens is 405 g/mol. The van der Waals surface area contributed by atoms with Crippen molar-refractivity contribution in [2.75, 3.05) is 0 Å². The Morgan fingerprint density at radius 3 is 1.76 bits per heavy atom. The lowest BCUT2D eigenvalue weighted by molar-refractivity contribution is -0.488. The van der Waals surface area contributed by atoms with Crippen molar-refractivity contribution >= 4 is 12.2 Å². The maximum atomic E-state index is 14.2. The fraction of sp³-hybridized carbons (Fsp3) is 0.600. The molecule has 25 heavy (non-hydrogen) atoms. The average molecular weight is 410 g/mol. The normalized spacial score (nSPS) is 16.6. The summed E-state index contributed by atoms with van der Waals surface area (Å²) in [5.41, 5.74) is -2.48. The summed E-state index contributed by atoms with van der Waals surface area (Å²) >= 11 is 4.28. The molecule has 1 N–H and O–H groups in total. The van der Waals surface area contributed by atoms with Gasteiger partial charge in [-0.15, -0.1) is 0 Å². The summed E-state index contributed by atoms with van der Waals surface area (Å²) < 4.78 is 142. The van der Waals surface area contributed by atoms with E-state index in [0.29, 0.717) is 0 Å². The van der Waals surface area contributed by atoms with E-state index in [4.69, 9.17) is 0 Å². The number of hydrogen-bond acceptors (Lipinski definition) is 3. The Labute approximate surface area is 135 Å². The standard InChI is InChI=1S/C10H5F11N2OS/c1-3-2-4(23-5(25)22-3)6(11,8(14,15)16)24-10(20,21)7(12,13)9(17,18)19/h2H,1H3,(H,22,23,25). The van der Waals surface area contributed by atoms with Crippen LogP contribution in [0.4, 0.5) is 48.3 Å². The molecule has 0 spiro atoms. The van der Waals surface area contributed by atoms with Gasteiger partial charge in [-0.25, -0.2) is 4.98 Å². The number of aromatic nitrogens is 2. The van der Waals surface area contributed by atoms with Gasteiger partial charge in [-0.1, -0.05) is 0 Å². The molecule has 15 heteroatoms. The van der Waals surface area contributed by atoms with Crippen LogP contribution in [0, 0.1) is 11.7 Å². The smallest absolute Gasteiger partial charge is 0.335 e. The molecule has 0 saturated heterocycles. The zero-order chi connectivity index (χ0) is 20.1. The Hall–Kier alpha value is -1.51. The average Bonchev–Trinajstić information content (AvgIpc) is 2.33. The highest BCUT2D eigenvalue weighted by atomic mass is 32.1. The zero-order valence-corrected chi connectivity index (χ0v) is 12.3. The Morgan fingerprint density at radius 1 is 0.920 bits per heavy atom. The Bertz CT molecular complexity index is 695. The second-order valence-corrected chi connectivity index (χ2v) is 4.93. The molecule has 0 aromatic carbocycles. The first-order chi connectivity index (χ1) is 10.8. The molecule has 0 radical (unpaired) electrons. The summed E-state index contributed by atoms with van der Waals surface area (Å²) in [5.74, 6) is -12.9. The fourth-order valence-corrected chi connectivity index (χ4v) is 1.66. The minimum Gasteiger partial charge on any atom is -0.335 e. The molecule has 1 heterocycles. The van der Waals surface area contributed by atoms with Crippen molar-refractivity contribution in [3.8, 4) is 0 Å². The maximum Gasteiger partial charge on any atom is 0.462 e. The second-order valence-electron chi connectivity index (χ2n) is 4.54. The van der Waals surface area contributed by atoms with Crippen molar-refractivity contribution in [2.45, 2.75) is 37.2 Å². The first-order valence-electron chi connectivity index (χ1n) is 5.72. The summed E-state index contributed by atoms with van der Waals surface area (Å²) in [6.45, 7) is 0.959. The number of H-pyrrole nitrogens is 1. The zero-order valence-electron chi connectivity index (χ0n) is 11.5. The van der Waals surface area contributed by atoms with E-state index in [9.17, 15) is 48.3 Å². The van der Waals surface area contributed by atoms with Gasteiger partial charge in [-0.3, -0.25) is 4.74 Å². The number of aryl methyl sites for hydroxylation is 1. The van der Waals surface area contributed by atoms with E-state index in [-0.39, 0.29) is 6.07 Å². The van der Waals surface area contributed by atoms with Gasteiger partial charge in [0.2, 0.25) is 0 Å². The van der Waals surface area contributed by atoms with E-state index in [1.165, 1.54) is 0 Å². The number of nitrogens with zero attached hydrogens (tertiary/aromatic N) is 1. The lowest BCUT2D eigenvalue weighted by atomic mass is 10.1. The summed E-state index contributed by atoms with van der Waals surface area (Å²) in [4.78, 5) is 4.73. The van der Waals surface area contributed by atoms with E-state index < -0.39 is 46.4 Å². The van der Waals surface area contributed by atoms with Gasteiger partial charge in [0.25, 0.3) is 0 Å². The minimum atomic E-state index is -7.13. The van der Waals surface area contributed by atoms with Crippen molar-refractivity contribution in [1.29, 1.82) is 0 Å². The van der Waals surface area contributed by atoms with Crippen LogP contribution in [0.3, 0.4) is 0 Å². The largest absolute Gasteiger partial charge is 0.462 e. The van der Waals surface area contributed by atoms with Crippen LogP contribution in [0.2, 0.25) is 0 Å². The minimum absolute atomic E-state index is 0.102. The van der Waals surface area contributed by atoms with Gasteiger partial charge < -0.3 is 4.98 Å². The third-order valence-electron chi connectivity index (χ3n) is 2.56. The van der Waals surface area contributed by atoms with Crippen molar-refractivity contribution < 1.29 is 53.0 Å². The van der Waals surface area contributed by atoms with Crippen molar-refractivity contribution in [1.82, 2.24) is 9.97 Å². The first-order valence-corrected chi connectivity index (χ1v) is 6.12. The van der Waals surface area contributed by atoms with Crippen LogP contribution < -0.4 is 0 Å². The van der Waals surface area contributed by atoms with Crippen LogP contribution in [-0.4, -0.2) is 34.4 Å². The highest BCUT2D eigenvalue weighted by molar-refractivity contribution is 7.71. The van der Waals surface area contributed by atoms with Gasteiger partial charge in [-0.05, 0) is 25.2 Å². The summed E-state index contributed by atoms with van der Waals surface area (Å²) in [7, 11) is 0. The van der Waals surface area contributed by atoms with Gasteiger partial charge >= 0.3 is 30.2 Å². The van der Waals surface area contributed by atoms with Crippen LogP contribution in [0.25, 0.3) is 0 Å². The monoisotopic (exact) mass is 410 g/mol. The van der Waals surface area contributed by atoms with Crippen LogP contribution in [-0.2, 0) is 10.6 Å². The topological polar surface area (TPSA) is 37.9 Å².